The van der Waals surface area contributed by atoms with Crippen LogP contribution in [-0.2, 0) is 16.2 Å². The van der Waals surface area contributed by atoms with Gasteiger partial charge < -0.3 is 20.3 Å². The zero-order valence-electron chi connectivity index (χ0n) is 15.6. The molecule has 2 heterocycles. The Morgan fingerprint density at radius 2 is 2.11 bits per heavy atom. The first kappa shape index (κ1) is 19.9. The van der Waals surface area contributed by atoms with Crippen molar-refractivity contribution in [3.8, 4) is 5.75 Å². The second kappa shape index (κ2) is 9.36. The van der Waals surface area contributed by atoms with Crippen molar-refractivity contribution in [2.45, 2.75) is 25.5 Å². The zero-order valence-corrected chi connectivity index (χ0v) is 16.5. The number of carbonyl (C=O) groups excluding carboxylic acids is 3. The number of likely N-dealkylation sites (N-methyl/N-ethyl adjacent to an activating group) is 1. The number of hydrogen-bond acceptors (Lipinski definition) is 5. The number of rotatable bonds is 7. The summed E-state index contributed by atoms with van der Waals surface area (Å²) >= 11 is 1.60. The van der Waals surface area contributed by atoms with Crippen LogP contribution in [0.4, 0.5) is 0 Å². The minimum Gasteiger partial charge on any atom is -0.488 e. The van der Waals surface area contributed by atoms with Gasteiger partial charge in [-0.05, 0) is 42.5 Å². The standard InChI is InChI=1S/C20H23N3O4S/c1-21-20(26)17-8-3-9-23(17)18(24)12-22-19(25)14-5-2-6-15(11-14)27-13-16-7-4-10-28-16/h2,4-7,10-11,17H,3,8-9,12-13H2,1H3,(H,21,26)(H,22,25). The highest BCUT2D eigenvalue weighted by atomic mass is 32.1. The van der Waals surface area contributed by atoms with Crippen LogP contribution in [0.25, 0.3) is 0 Å². The van der Waals surface area contributed by atoms with Crippen molar-refractivity contribution in [2.24, 2.45) is 0 Å². The summed E-state index contributed by atoms with van der Waals surface area (Å²) in [4.78, 5) is 39.3. The number of nitrogens with one attached hydrogen (secondary N) is 2. The molecule has 0 aliphatic carbocycles. The summed E-state index contributed by atoms with van der Waals surface area (Å²) in [6.45, 7) is 0.822. The summed E-state index contributed by atoms with van der Waals surface area (Å²) in [5.41, 5.74) is 0.417. The molecule has 1 unspecified atom stereocenters. The number of hydrogen-bond donors (Lipinski definition) is 2. The van der Waals surface area contributed by atoms with Gasteiger partial charge in [0.2, 0.25) is 11.8 Å². The fraction of sp³-hybridized carbons (Fsp3) is 0.350. The van der Waals surface area contributed by atoms with Crippen molar-refractivity contribution in [3.63, 3.8) is 0 Å². The lowest BCUT2D eigenvalue weighted by atomic mass is 10.2. The Labute approximate surface area is 167 Å². The van der Waals surface area contributed by atoms with Gasteiger partial charge in [0.05, 0.1) is 6.54 Å². The van der Waals surface area contributed by atoms with Crippen molar-refractivity contribution < 1.29 is 19.1 Å². The molecule has 0 bridgehead atoms. The lowest BCUT2D eigenvalue weighted by Crippen LogP contribution is -2.48. The maximum atomic E-state index is 12.4. The van der Waals surface area contributed by atoms with Gasteiger partial charge in [0.25, 0.3) is 5.91 Å². The van der Waals surface area contributed by atoms with E-state index in [9.17, 15) is 14.4 Å². The minimum atomic E-state index is -0.455. The predicted molar refractivity (Wildman–Crippen MR) is 106 cm³/mol. The smallest absolute Gasteiger partial charge is 0.251 e. The summed E-state index contributed by atoms with van der Waals surface area (Å²) in [7, 11) is 1.55. The number of thiophene rings is 1. The van der Waals surface area contributed by atoms with E-state index < -0.39 is 6.04 Å². The molecule has 1 aromatic carbocycles. The molecule has 0 spiro atoms. The van der Waals surface area contributed by atoms with E-state index in [0.29, 0.717) is 30.9 Å². The second-order valence-electron chi connectivity index (χ2n) is 6.44. The molecular weight excluding hydrogens is 378 g/mol. The summed E-state index contributed by atoms with van der Waals surface area (Å²) < 4.78 is 5.71. The molecule has 0 radical (unpaired) electrons. The fourth-order valence-electron chi connectivity index (χ4n) is 3.14. The molecule has 28 heavy (non-hydrogen) atoms. The molecule has 1 saturated heterocycles. The van der Waals surface area contributed by atoms with Crippen LogP contribution in [0.5, 0.6) is 5.75 Å². The first-order valence-electron chi connectivity index (χ1n) is 9.13. The number of carbonyl (C=O) groups is 3. The maximum absolute atomic E-state index is 12.4. The van der Waals surface area contributed by atoms with Crippen LogP contribution in [0.3, 0.4) is 0 Å². The first-order chi connectivity index (χ1) is 13.6. The molecule has 3 rings (SSSR count). The number of amides is 3. The van der Waals surface area contributed by atoms with E-state index >= 15 is 0 Å². The molecular formula is C20H23N3O4S. The average molecular weight is 401 g/mol. The Balaban J connectivity index is 1.53. The summed E-state index contributed by atoms with van der Waals surface area (Å²) in [5, 5.41) is 7.19. The third-order valence-corrected chi connectivity index (χ3v) is 5.43. The van der Waals surface area contributed by atoms with Crippen molar-refractivity contribution in [1.29, 1.82) is 0 Å². The van der Waals surface area contributed by atoms with Gasteiger partial charge in [-0.3, -0.25) is 14.4 Å². The molecule has 3 amide bonds. The molecule has 1 aliphatic heterocycles. The SMILES string of the molecule is CNC(=O)C1CCCN1C(=O)CNC(=O)c1cccc(OCc2cccs2)c1. The Morgan fingerprint density at radius 1 is 1.25 bits per heavy atom. The minimum absolute atomic E-state index is 0.146. The summed E-state index contributed by atoms with van der Waals surface area (Å²) in [5.74, 6) is -0.200. The van der Waals surface area contributed by atoms with Gasteiger partial charge in [-0.25, -0.2) is 0 Å². The Morgan fingerprint density at radius 3 is 2.86 bits per heavy atom. The molecule has 2 N–H and O–H groups in total. The van der Waals surface area contributed by atoms with Gasteiger partial charge in [0, 0.05) is 24.0 Å². The van der Waals surface area contributed by atoms with Gasteiger partial charge >= 0.3 is 0 Å². The van der Waals surface area contributed by atoms with Crippen LogP contribution in [-0.4, -0.2) is 48.8 Å². The first-order valence-corrected chi connectivity index (χ1v) is 10.0. The van der Waals surface area contributed by atoms with E-state index in [2.05, 4.69) is 10.6 Å². The van der Waals surface area contributed by atoms with Gasteiger partial charge in [-0.15, -0.1) is 11.3 Å². The van der Waals surface area contributed by atoms with E-state index in [1.54, 1.807) is 42.6 Å². The van der Waals surface area contributed by atoms with Crippen LogP contribution in [0.2, 0.25) is 0 Å². The molecule has 2 aromatic rings. The Kier molecular flexibility index (Phi) is 6.65. The topological polar surface area (TPSA) is 87.7 Å². The average Bonchev–Trinajstić information content (AvgIpc) is 3.41. The lowest BCUT2D eigenvalue weighted by Gasteiger charge is -2.23. The lowest BCUT2D eigenvalue weighted by molar-refractivity contribution is -0.137. The third-order valence-electron chi connectivity index (χ3n) is 4.58. The second-order valence-corrected chi connectivity index (χ2v) is 7.47. The van der Waals surface area contributed by atoms with E-state index in [1.165, 1.54) is 4.90 Å². The van der Waals surface area contributed by atoms with Crippen LogP contribution in [0.1, 0.15) is 28.1 Å². The number of benzene rings is 1. The van der Waals surface area contributed by atoms with Gasteiger partial charge in [-0.1, -0.05) is 12.1 Å². The number of likely N-dealkylation sites (tertiary alicyclic amines) is 1. The molecule has 1 aromatic heterocycles. The molecule has 7 nitrogen and oxygen atoms in total. The predicted octanol–water partition coefficient (Wildman–Crippen LogP) is 1.79. The number of ether oxygens (including phenoxy) is 1. The van der Waals surface area contributed by atoms with Crippen LogP contribution in [0.15, 0.2) is 41.8 Å². The maximum Gasteiger partial charge on any atom is 0.251 e. The van der Waals surface area contributed by atoms with Gasteiger partial charge in [-0.2, -0.15) is 0 Å². The quantitative estimate of drug-likeness (QED) is 0.741. The highest BCUT2D eigenvalue weighted by molar-refractivity contribution is 7.09. The van der Waals surface area contributed by atoms with Crippen molar-refractivity contribution in [3.05, 3.63) is 52.2 Å². The summed E-state index contributed by atoms with van der Waals surface area (Å²) in [6, 6.07) is 10.3. The van der Waals surface area contributed by atoms with Crippen LogP contribution >= 0.6 is 11.3 Å². The molecule has 8 heteroatoms. The number of nitrogens with zero attached hydrogens (tertiary/aromatic N) is 1. The summed E-state index contributed by atoms with van der Waals surface area (Å²) in [6.07, 6.45) is 1.42. The van der Waals surface area contributed by atoms with E-state index in [-0.39, 0.29) is 24.3 Å². The third kappa shape index (κ3) is 4.89. The van der Waals surface area contributed by atoms with E-state index in [0.717, 1.165) is 11.3 Å². The molecule has 148 valence electrons. The Hall–Kier alpha value is -2.87. The van der Waals surface area contributed by atoms with Crippen molar-refractivity contribution in [2.75, 3.05) is 20.1 Å². The van der Waals surface area contributed by atoms with E-state index in [1.807, 2.05) is 17.5 Å². The largest absolute Gasteiger partial charge is 0.488 e. The van der Waals surface area contributed by atoms with Crippen molar-refractivity contribution >= 4 is 29.1 Å². The molecule has 1 fully saturated rings. The zero-order chi connectivity index (χ0) is 19.9. The molecule has 1 aliphatic rings. The normalized spacial score (nSPS) is 15.9. The molecule has 1 atom stereocenters. The Bertz CT molecular complexity index is 838. The van der Waals surface area contributed by atoms with E-state index in [4.69, 9.17) is 4.74 Å². The highest BCUT2D eigenvalue weighted by Crippen LogP contribution is 2.18. The molecule has 0 saturated carbocycles. The van der Waals surface area contributed by atoms with Gasteiger partial charge in [0.15, 0.2) is 0 Å². The van der Waals surface area contributed by atoms with Crippen molar-refractivity contribution in [1.82, 2.24) is 15.5 Å². The highest BCUT2D eigenvalue weighted by Gasteiger charge is 2.33. The monoisotopic (exact) mass is 401 g/mol. The van der Waals surface area contributed by atoms with Crippen LogP contribution in [0, 0.1) is 0 Å². The fourth-order valence-corrected chi connectivity index (χ4v) is 3.76. The van der Waals surface area contributed by atoms with Gasteiger partial charge in [0.1, 0.15) is 18.4 Å². The van der Waals surface area contributed by atoms with Crippen LogP contribution < -0.4 is 15.4 Å².